The van der Waals surface area contributed by atoms with Crippen LogP contribution in [0.3, 0.4) is 0 Å². The molecule has 2 amide bonds. The van der Waals surface area contributed by atoms with E-state index < -0.39 is 0 Å². The van der Waals surface area contributed by atoms with Gasteiger partial charge in [-0.3, -0.25) is 9.59 Å². The molecule has 0 saturated carbocycles. The summed E-state index contributed by atoms with van der Waals surface area (Å²) in [5.41, 5.74) is 1.50. The molecular formula is C18H17N3O3. The lowest BCUT2D eigenvalue weighted by molar-refractivity contribution is -0.129. The summed E-state index contributed by atoms with van der Waals surface area (Å²) in [5, 5.41) is 11.6. The zero-order valence-corrected chi connectivity index (χ0v) is 13.1. The van der Waals surface area contributed by atoms with E-state index in [0.717, 1.165) is 5.56 Å². The van der Waals surface area contributed by atoms with E-state index in [4.69, 9.17) is 9.68 Å². The highest BCUT2D eigenvalue weighted by molar-refractivity contribution is 5.89. The lowest BCUT2D eigenvalue weighted by Crippen LogP contribution is -2.32. The van der Waals surface area contributed by atoms with Crippen molar-refractivity contribution in [2.45, 2.75) is 19.5 Å². The van der Waals surface area contributed by atoms with E-state index in [0.29, 0.717) is 31.0 Å². The molecule has 0 bridgehead atoms. The normalized spacial score (nSPS) is 16.9. The Bertz CT molecular complexity index is 760. The molecule has 1 saturated heterocycles. The SMILES string of the molecule is N#Cc1ccc(CNC(=O)C2CC(=O)N(Cc3ccco3)C2)cc1. The molecular weight excluding hydrogens is 306 g/mol. The molecule has 0 radical (unpaired) electrons. The maximum Gasteiger partial charge on any atom is 0.225 e. The van der Waals surface area contributed by atoms with E-state index in [2.05, 4.69) is 11.4 Å². The van der Waals surface area contributed by atoms with E-state index in [1.807, 2.05) is 18.2 Å². The average molecular weight is 323 g/mol. The number of benzene rings is 1. The van der Waals surface area contributed by atoms with E-state index in [9.17, 15) is 9.59 Å². The van der Waals surface area contributed by atoms with Crippen LogP contribution in [0.5, 0.6) is 0 Å². The summed E-state index contributed by atoms with van der Waals surface area (Å²) in [6, 6.07) is 12.7. The number of nitrogens with one attached hydrogen (secondary N) is 1. The molecule has 1 atom stereocenters. The standard InChI is InChI=1S/C18H17N3O3/c19-9-13-3-5-14(6-4-13)10-20-18(23)15-8-17(22)21(11-15)12-16-2-1-7-24-16/h1-7,15H,8,10-12H2,(H,20,23). The van der Waals surface area contributed by atoms with Crippen LogP contribution in [0.15, 0.2) is 47.1 Å². The fraction of sp³-hybridized carbons (Fsp3) is 0.278. The molecule has 122 valence electrons. The molecule has 1 fully saturated rings. The van der Waals surface area contributed by atoms with E-state index in [-0.39, 0.29) is 24.2 Å². The molecule has 1 aromatic carbocycles. The minimum atomic E-state index is -0.342. The summed E-state index contributed by atoms with van der Waals surface area (Å²) < 4.78 is 5.25. The molecule has 6 nitrogen and oxygen atoms in total. The number of carbonyl (C=O) groups excluding carboxylic acids is 2. The number of nitriles is 1. The van der Waals surface area contributed by atoms with Crippen LogP contribution in [0.1, 0.15) is 23.3 Å². The van der Waals surface area contributed by atoms with Gasteiger partial charge >= 0.3 is 0 Å². The van der Waals surface area contributed by atoms with Crippen molar-refractivity contribution in [1.82, 2.24) is 10.2 Å². The van der Waals surface area contributed by atoms with Crippen molar-refractivity contribution in [3.63, 3.8) is 0 Å². The van der Waals surface area contributed by atoms with Gasteiger partial charge in [0.05, 0.1) is 30.4 Å². The van der Waals surface area contributed by atoms with Gasteiger partial charge in [-0.1, -0.05) is 12.1 Å². The Balaban J connectivity index is 1.52. The van der Waals surface area contributed by atoms with Crippen LogP contribution in [-0.2, 0) is 22.7 Å². The monoisotopic (exact) mass is 323 g/mol. The van der Waals surface area contributed by atoms with Gasteiger partial charge in [0.2, 0.25) is 11.8 Å². The number of likely N-dealkylation sites (tertiary alicyclic amines) is 1. The van der Waals surface area contributed by atoms with Crippen LogP contribution in [0, 0.1) is 17.2 Å². The quantitative estimate of drug-likeness (QED) is 0.909. The molecule has 1 aromatic heterocycles. The van der Waals surface area contributed by atoms with Gasteiger partial charge in [0.25, 0.3) is 0 Å². The zero-order valence-electron chi connectivity index (χ0n) is 13.1. The summed E-state index contributed by atoms with van der Waals surface area (Å²) in [6.45, 7) is 1.18. The van der Waals surface area contributed by atoms with Crippen molar-refractivity contribution in [1.29, 1.82) is 5.26 Å². The molecule has 1 unspecified atom stereocenters. The van der Waals surface area contributed by atoms with Crippen molar-refractivity contribution in [3.05, 3.63) is 59.5 Å². The second-order valence-corrected chi connectivity index (χ2v) is 5.78. The van der Waals surface area contributed by atoms with Gasteiger partial charge in [-0.05, 0) is 29.8 Å². The second-order valence-electron chi connectivity index (χ2n) is 5.78. The topological polar surface area (TPSA) is 86.3 Å². The number of furan rings is 1. The Morgan fingerprint density at radius 3 is 2.79 bits per heavy atom. The summed E-state index contributed by atoms with van der Waals surface area (Å²) in [4.78, 5) is 25.9. The van der Waals surface area contributed by atoms with Crippen LogP contribution < -0.4 is 5.32 Å². The first-order valence-electron chi connectivity index (χ1n) is 7.72. The number of hydrogen-bond donors (Lipinski definition) is 1. The number of nitrogens with zero attached hydrogens (tertiary/aromatic N) is 2. The average Bonchev–Trinajstić information content (AvgIpc) is 3.24. The van der Waals surface area contributed by atoms with Gasteiger partial charge in [0, 0.05) is 19.5 Å². The Labute approximate surface area is 139 Å². The fourth-order valence-electron chi connectivity index (χ4n) is 2.72. The van der Waals surface area contributed by atoms with E-state index in [1.54, 1.807) is 29.4 Å². The minimum Gasteiger partial charge on any atom is -0.467 e. The summed E-state index contributed by atoms with van der Waals surface area (Å²) in [6.07, 6.45) is 1.79. The van der Waals surface area contributed by atoms with Crippen molar-refractivity contribution < 1.29 is 14.0 Å². The molecule has 2 aromatic rings. The molecule has 0 aliphatic carbocycles. The Kier molecular flexibility index (Phi) is 4.62. The predicted octanol–water partition coefficient (Wildman–Crippen LogP) is 1.82. The first-order chi connectivity index (χ1) is 11.7. The van der Waals surface area contributed by atoms with Crippen LogP contribution in [0.25, 0.3) is 0 Å². The highest BCUT2D eigenvalue weighted by atomic mass is 16.3. The third-order valence-corrected chi connectivity index (χ3v) is 4.06. The van der Waals surface area contributed by atoms with Crippen LogP contribution in [0.2, 0.25) is 0 Å². The van der Waals surface area contributed by atoms with Crippen molar-refractivity contribution >= 4 is 11.8 Å². The first kappa shape index (κ1) is 15.8. The Morgan fingerprint density at radius 1 is 1.33 bits per heavy atom. The van der Waals surface area contributed by atoms with E-state index >= 15 is 0 Å². The van der Waals surface area contributed by atoms with Gasteiger partial charge in [-0.25, -0.2) is 0 Å². The zero-order chi connectivity index (χ0) is 16.9. The van der Waals surface area contributed by atoms with Gasteiger partial charge in [0.1, 0.15) is 5.76 Å². The van der Waals surface area contributed by atoms with Gasteiger partial charge < -0.3 is 14.6 Å². The van der Waals surface area contributed by atoms with E-state index in [1.165, 1.54) is 0 Å². The minimum absolute atomic E-state index is 0.0371. The largest absolute Gasteiger partial charge is 0.467 e. The molecule has 1 N–H and O–H groups in total. The number of rotatable bonds is 5. The van der Waals surface area contributed by atoms with Gasteiger partial charge in [-0.2, -0.15) is 5.26 Å². The summed E-state index contributed by atoms with van der Waals surface area (Å²) in [5.74, 6) is 0.201. The van der Waals surface area contributed by atoms with Crippen molar-refractivity contribution in [2.24, 2.45) is 5.92 Å². The fourth-order valence-corrected chi connectivity index (χ4v) is 2.72. The van der Waals surface area contributed by atoms with Crippen LogP contribution in [-0.4, -0.2) is 23.3 Å². The third-order valence-electron chi connectivity index (χ3n) is 4.06. The maximum atomic E-state index is 12.3. The maximum absolute atomic E-state index is 12.3. The molecule has 3 rings (SSSR count). The number of amides is 2. The Hall–Kier alpha value is -3.07. The lowest BCUT2D eigenvalue weighted by Gasteiger charge is -2.15. The molecule has 2 heterocycles. The molecule has 6 heteroatoms. The number of carbonyl (C=O) groups is 2. The lowest BCUT2D eigenvalue weighted by atomic mass is 10.1. The van der Waals surface area contributed by atoms with Gasteiger partial charge in [0.15, 0.2) is 0 Å². The Morgan fingerprint density at radius 2 is 2.12 bits per heavy atom. The molecule has 1 aliphatic heterocycles. The highest BCUT2D eigenvalue weighted by Gasteiger charge is 2.34. The number of hydrogen-bond acceptors (Lipinski definition) is 4. The van der Waals surface area contributed by atoms with Crippen LogP contribution >= 0.6 is 0 Å². The molecule has 1 aliphatic rings. The van der Waals surface area contributed by atoms with Crippen molar-refractivity contribution in [3.8, 4) is 6.07 Å². The highest BCUT2D eigenvalue weighted by Crippen LogP contribution is 2.20. The van der Waals surface area contributed by atoms with Gasteiger partial charge in [-0.15, -0.1) is 0 Å². The first-order valence-corrected chi connectivity index (χ1v) is 7.72. The van der Waals surface area contributed by atoms with Crippen LogP contribution in [0.4, 0.5) is 0 Å². The smallest absolute Gasteiger partial charge is 0.225 e. The molecule has 0 spiro atoms. The summed E-state index contributed by atoms with van der Waals surface area (Å²) in [7, 11) is 0. The van der Waals surface area contributed by atoms with Crippen molar-refractivity contribution in [2.75, 3.05) is 6.54 Å². The third kappa shape index (κ3) is 3.63. The second kappa shape index (κ2) is 7.01. The molecule has 24 heavy (non-hydrogen) atoms. The summed E-state index contributed by atoms with van der Waals surface area (Å²) >= 11 is 0. The predicted molar refractivity (Wildman–Crippen MR) is 85.2 cm³/mol.